The van der Waals surface area contributed by atoms with Crippen molar-refractivity contribution in [2.45, 2.75) is 6.92 Å². The van der Waals surface area contributed by atoms with Crippen LogP contribution < -0.4 is 15.8 Å². The van der Waals surface area contributed by atoms with E-state index in [0.717, 1.165) is 21.6 Å². The van der Waals surface area contributed by atoms with Crippen molar-refractivity contribution in [1.29, 1.82) is 0 Å². The minimum absolute atomic E-state index is 0.672. The van der Waals surface area contributed by atoms with E-state index in [-0.39, 0.29) is 0 Å². The molecule has 0 radical (unpaired) electrons. The van der Waals surface area contributed by atoms with E-state index in [1.165, 1.54) is 0 Å². The van der Waals surface area contributed by atoms with Gasteiger partial charge in [0.05, 0.1) is 18.0 Å². The molecule has 0 amide bonds. The van der Waals surface area contributed by atoms with Crippen molar-refractivity contribution in [3.05, 3.63) is 46.9 Å². The van der Waals surface area contributed by atoms with E-state index in [2.05, 4.69) is 21.2 Å². The fourth-order valence-electron chi connectivity index (χ4n) is 1.59. The topological polar surface area (TPSA) is 47.3 Å². The first kappa shape index (κ1) is 12.8. The highest BCUT2D eigenvalue weighted by Gasteiger charge is 2.01. The first-order valence-corrected chi connectivity index (χ1v) is 6.53. The first-order valence-electron chi connectivity index (χ1n) is 5.74. The van der Waals surface area contributed by atoms with Gasteiger partial charge in [0.1, 0.15) is 5.75 Å². The Morgan fingerprint density at radius 2 is 1.89 bits per heavy atom. The van der Waals surface area contributed by atoms with Gasteiger partial charge in [0.2, 0.25) is 0 Å². The molecule has 3 nitrogen and oxygen atoms in total. The molecule has 0 saturated carbocycles. The summed E-state index contributed by atoms with van der Waals surface area (Å²) < 4.78 is 6.38. The molecule has 94 valence electrons. The van der Waals surface area contributed by atoms with E-state index in [4.69, 9.17) is 10.5 Å². The van der Waals surface area contributed by atoms with Crippen molar-refractivity contribution < 1.29 is 4.74 Å². The summed E-state index contributed by atoms with van der Waals surface area (Å²) in [5.74, 6) is 0.866. The Labute approximate surface area is 115 Å². The molecule has 0 heterocycles. The van der Waals surface area contributed by atoms with E-state index < -0.39 is 0 Å². The Morgan fingerprint density at radius 1 is 1.17 bits per heavy atom. The molecule has 2 rings (SSSR count). The molecule has 2 aromatic carbocycles. The van der Waals surface area contributed by atoms with Crippen LogP contribution in [0.5, 0.6) is 5.75 Å². The third-order valence-corrected chi connectivity index (χ3v) is 2.95. The van der Waals surface area contributed by atoms with Gasteiger partial charge < -0.3 is 15.8 Å². The summed E-state index contributed by atoms with van der Waals surface area (Å²) in [6.45, 7) is 2.64. The van der Waals surface area contributed by atoms with Gasteiger partial charge in [-0.2, -0.15) is 0 Å². The van der Waals surface area contributed by atoms with Crippen molar-refractivity contribution in [2.75, 3.05) is 17.7 Å². The number of hydrogen-bond acceptors (Lipinski definition) is 3. The van der Waals surface area contributed by atoms with Gasteiger partial charge in [-0.3, -0.25) is 0 Å². The van der Waals surface area contributed by atoms with Gasteiger partial charge in [0, 0.05) is 10.2 Å². The molecule has 0 unspecified atom stereocenters. The van der Waals surface area contributed by atoms with Crippen LogP contribution in [0.4, 0.5) is 17.1 Å². The third kappa shape index (κ3) is 3.17. The van der Waals surface area contributed by atoms with Gasteiger partial charge in [-0.25, -0.2) is 0 Å². The van der Waals surface area contributed by atoms with Gasteiger partial charge in [-0.1, -0.05) is 15.9 Å². The molecule has 0 saturated heterocycles. The van der Waals surface area contributed by atoms with E-state index in [0.29, 0.717) is 12.3 Å². The Kier molecular flexibility index (Phi) is 4.10. The highest BCUT2D eigenvalue weighted by Crippen LogP contribution is 2.27. The SMILES string of the molecule is CCOc1ccc(Nc2cc(Br)ccc2N)cc1. The average molecular weight is 307 g/mol. The number of nitrogen functional groups attached to an aromatic ring is 1. The van der Waals surface area contributed by atoms with Gasteiger partial charge >= 0.3 is 0 Å². The van der Waals surface area contributed by atoms with Crippen LogP contribution in [0.15, 0.2) is 46.9 Å². The molecule has 18 heavy (non-hydrogen) atoms. The maximum atomic E-state index is 5.91. The lowest BCUT2D eigenvalue weighted by Gasteiger charge is -2.10. The summed E-state index contributed by atoms with van der Waals surface area (Å²) in [5, 5.41) is 3.27. The van der Waals surface area contributed by atoms with Crippen LogP contribution in [0.1, 0.15) is 6.92 Å². The lowest BCUT2D eigenvalue weighted by molar-refractivity contribution is 0.340. The van der Waals surface area contributed by atoms with Crippen LogP contribution in [-0.2, 0) is 0 Å². The molecule has 0 aliphatic carbocycles. The highest BCUT2D eigenvalue weighted by molar-refractivity contribution is 9.10. The number of benzene rings is 2. The number of nitrogens with two attached hydrogens (primary N) is 1. The van der Waals surface area contributed by atoms with E-state index in [1.54, 1.807) is 0 Å². The maximum Gasteiger partial charge on any atom is 0.119 e. The van der Waals surface area contributed by atoms with Gasteiger partial charge in [-0.05, 0) is 49.4 Å². The van der Waals surface area contributed by atoms with Crippen LogP contribution >= 0.6 is 15.9 Å². The summed E-state index contributed by atoms with van der Waals surface area (Å²) in [5.41, 5.74) is 8.48. The normalized spacial score (nSPS) is 10.1. The molecule has 0 spiro atoms. The maximum absolute atomic E-state index is 5.91. The quantitative estimate of drug-likeness (QED) is 0.833. The Balaban J connectivity index is 2.15. The smallest absolute Gasteiger partial charge is 0.119 e. The number of hydrogen-bond donors (Lipinski definition) is 2. The lowest BCUT2D eigenvalue weighted by Crippen LogP contribution is -1.96. The predicted molar refractivity (Wildman–Crippen MR) is 79.4 cm³/mol. The molecule has 0 atom stereocenters. The highest BCUT2D eigenvalue weighted by atomic mass is 79.9. The molecule has 0 bridgehead atoms. The summed E-state index contributed by atoms with van der Waals surface area (Å²) in [6.07, 6.45) is 0. The van der Waals surface area contributed by atoms with Crippen molar-refractivity contribution in [1.82, 2.24) is 0 Å². The summed E-state index contributed by atoms with van der Waals surface area (Å²) >= 11 is 3.43. The lowest BCUT2D eigenvalue weighted by atomic mass is 10.2. The van der Waals surface area contributed by atoms with E-state index in [1.807, 2.05) is 49.4 Å². The van der Waals surface area contributed by atoms with Crippen LogP contribution in [-0.4, -0.2) is 6.61 Å². The Morgan fingerprint density at radius 3 is 2.56 bits per heavy atom. The second-order valence-corrected chi connectivity index (χ2v) is 4.73. The monoisotopic (exact) mass is 306 g/mol. The third-order valence-electron chi connectivity index (χ3n) is 2.46. The molecule has 0 aliphatic rings. The zero-order valence-electron chi connectivity index (χ0n) is 10.1. The Hall–Kier alpha value is -1.68. The molecule has 3 N–H and O–H groups in total. The standard InChI is InChI=1S/C14H15BrN2O/c1-2-18-12-6-4-11(5-7-12)17-14-9-10(15)3-8-13(14)16/h3-9,17H,2,16H2,1H3. The fourth-order valence-corrected chi connectivity index (χ4v) is 1.95. The van der Waals surface area contributed by atoms with Crippen molar-refractivity contribution in [3.63, 3.8) is 0 Å². The molecule has 0 aliphatic heterocycles. The number of rotatable bonds is 4. The first-order chi connectivity index (χ1) is 8.69. The number of halogens is 1. The van der Waals surface area contributed by atoms with Crippen LogP contribution in [0.2, 0.25) is 0 Å². The van der Waals surface area contributed by atoms with Crippen molar-refractivity contribution in [3.8, 4) is 5.75 Å². The molecule has 0 aromatic heterocycles. The number of ether oxygens (including phenoxy) is 1. The summed E-state index contributed by atoms with van der Waals surface area (Å²) in [4.78, 5) is 0. The van der Waals surface area contributed by atoms with E-state index >= 15 is 0 Å². The minimum atomic E-state index is 0.672. The second-order valence-electron chi connectivity index (χ2n) is 3.81. The predicted octanol–water partition coefficient (Wildman–Crippen LogP) is 4.17. The summed E-state index contributed by atoms with van der Waals surface area (Å²) in [7, 11) is 0. The number of nitrogens with one attached hydrogen (secondary N) is 1. The fraction of sp³-hybridized carbons (Fsp3) is 0.143. The van der Waals surface area contributed by atoms with E-state index in [9.17, 15) is 0 Å². The zero-order valence-corrected chi connectivity index (χ0v) is 11.7. The molecular weight excluding hydrogens is 292 g/mol. The number of anilines is 3. The van der Waals surface area contributed by atoms with Crippen molar-refractivity contribution >= 4 is 33.0 Å². The minimum Gasteiger partial charge on any atom is -0.494 e. The molecule has 0 fully saturated rings. The van der Waals surface area contributed by atoms with Gasteiger partial charge in [0.15, 0.2) is 0 Å². The molecular formula is C14H15BrN2O. The molecule has 4 heteroatoms. The zero-order chi connectivity index (χ0) is 13.0. The van der Waals surface area contributed by atoms with Crippen molar-refractivity contribution in [2.24, 2.45) is 0 Å². The second kappa shape index (κ2) is 5.78. The Bertz CT molecular complexity index is 526. The van der Waals surface area contributed by atoms with Crippen LogP contribution in [0, 0.1) is 0 Å². The summed E-state index contributed by atoms with van der Waals surface area (Å²) in [6, 6.07) is 13.5. The van der Waals surface area contributed by atoms with Gasteiger partial charge in [0.25, 0.3) is 0 Å². The molecule has 2 aromatic rings. The van der Waals surface area contributed by atoms with Crippen LogP contribution in [0.3, 0.4) is 0 Å². The van der Waals surface area contributed by atoms with Crippen LogP contribution in [0.25, 0.3) is 0 Å². The average Bonchev–Trinajstić information content (AvgIpc) is 2.37. The van der Waals surface area contributed by atoms with Gasteiger partial charge in [-0.15, -0.1) is 0 Å². The largest absolute Gasteiger partial charge is 0.494 e.